The van der Waals surface area contributed by atoms with Crippen molar-refractivity contribution < 1.29 is 14.0 Å². The molecule has 0 radical (unpaired) electrons. The highest BCUT2D eigenvalue weighted by Crippen LogP contribution is 2.35. The predicted molar refractivity (Wildman–Crippen MR) is 105 cm³/mol. The SMILES string of the molecule is CC(C)N1C(=O)N/C(=C\c2ccc(SC3=Nc4ccc(Cl)cc4C3)o2)C1=O. The van der Waals surface area contributed by atoms with Gasteiger partial charge in [0.1, 0.15) is 11.5 Å². The molecule has 2 aliphatic heterocycles. The number of carbonyl (C=O) groups is 2. The monoisotopic (exact) mass is 401 g/mol. The summed E-state index contributed by atoms with van der Waals surface area (Å²) in [6, 6.07) is 8.59. The van der Waals surface area contributed by atoms with Crippen LogP contribution in [0.5, 0.6) is 0 Å². The van der Waals surface area contributed by atoms with Crippen molar-refractivity contribution >= 4 is 52.1 Å². The Morgan fingerprint density at radius 2 is 2.11 bits per heavy atom. The number of rotatable bonds is 3. The second-order valence-corrected chi connectivity index (χ2v) is 7.99. The van der Waals surface area contributed by atoms with Crippen molar-refractivity contribution in [1.82, 2.24) is 10.2 Å². The number of furan rings is 1. The minimum Gasteiger partial charge on any atom is -0.450 e. The fourth-order valence-electron chi connectivity index (χ4n) is 2.94. The third-order valence-electron chi connectivity index (χ3n) is 4.16. The average Bonchev–Trinajstić information content (AvgIpc) is 3.26. The summed E-state index contributed by atoms with van der Waals surface area (Å²) in [6.07, 6.45) is 2.24. The van der Waals surface area contributed by atoms with Crippen molar-refractivity contribution in [3.05, 3.63) is 52.4 Å². The molecule has 1 saturated heterocycles. The van der Waals surface area contributed by atoms with Crippen LogP contribution in [0.3, 0.4) is 0 Å². The van der Waals surface area contributed by atoms with Gasteiger partial charge in [-0.1, -0.05) is 11.6 Å². The van der Waals surface area contributed by atoms with Crippen LogP contribution in [0.25, 0.3) is 6.08 Å². The highest BCUT2D eigenvalue weighted by atomic mass is 35.5. The molecule has 1 N–H and O–H groups in total. The molecule has 3 amide bonds. The molecule has 27 heavy (non-hydrogen) atoms. The molecule has 0 unspecified atom stereocenters. The molecule has 0 spiro atoms. The second-order valence-electron chi connectivity index (χ2n) is 6.47. The summed E-state index contributed by atoms with van der Waals surface area (Å²) in [4.78, 5) is 29.9. The maximum absolute atomic E-state index is 12.3. The number of carbonyl (C=O) groups excluding carboxylic acids is 2. The van der Waals surface area contributed by atoms with E-state index in [4.69, 9.17) is 16.0 Å². The van der Waals surface area contributed by atoms with Gasteiger partial charge in [-0.05, 0) is 61.5 Å². The topological polar surface area (TPSA) is 74.9 Å². The fourth-order valence-corrected chi connectivity index (χ4v) is 4.02. The van der Waals surface area contributed by atoms with Crippen LogP contribution < -0.4 is 5.32 Å². The number of urea groups is 1. The van der Waals surface area contributed by atoms with Gasteiger partial charge in [-0.2, -0.15) is 0 Å². The number of thioether (sulfide) groups is 1. The zero-order valence-electron chi connectivity index (χ0n) is 14.7. The van der Waals surface area contributed by atoms with E-state index in [-0.39, 0.29) is 17.6 Å². The van der Waals surface area contributed by atoms with Gasteiger partial charge in [-0.25, -0.2) is 9.79 Å². The van der Waals surface area contributed by atoms with E-state index in [2.05, 4.69) is 10.3 Å². The maximum atomic E-state index is 12.3. The molecule has 0 saturated carbocycles. The summed E-state index contributed by atoms with van der Waals surface area (Å²) in [5.41, 5.74) is 2.22. The molecule has 2 aliphatic rings. The Labute approximate surface area is 165 Å². The molecule has 1 aromatic heterocycles. The van der Waals surface area contributed by atoms with Crippen LogP contribution in [-0.2, 0) is 11.2 Å². The van der Waals surface area contributed by atoms with Crippen molar-refractivity contribution in [2.75, 3.05) is 0 Å². The number of halogens is 1. The maximum Gasteiger partial charge on any atom is 0.329 e. The smallest absolute Gasteiger partial charge is 0.329 e. The van der Waals surface area contributed by atoms with Gasteiger partial charge in [0.15, 0.2) is 5.09 Å². The van der Waals surface area contributed by atoms with Gasteiger partial charge in [-0.15, -0.1) is 0 Å². The minimum absolute atomic E-state index is 0.207. The number of nitrogens with one attached hydrogen (secondary N) is 1. The molecule has 8 heteroatoms. The first-order chi connectivity index (χ1) is 12.9. The molecule has 3 heterocycles. The summed E-state index contributed by atoms with van der Waals surface area (Å²) < 4.78 is 5.77. The number of amides is 3. The molecule has 0 atom stereocenters. The first-order valence-corrected chi connectivity index (χ1v) is 9.60. The molecule has 0 aliphatic carbocycles. The lowest BCUT2D eigenvalue weighted by molar-refractivity contribution is -0.123. The van der Waals surface area contributed by atoms with Crippen molar-refractivity contribution in [2.45, 2.75) is 31.4 Å². The molecule has 4 rings (SSSR count). The Balaban J connectivity index is 1.47. The number of imide groups is 1. The highest BCUT2D eigenvalue weighted by Gasteiger charge is 2.35. The summed E-state index contributed by atoms with van der Waals surface area (Å²) in [6.45, 7) is 3.57. The lowest BCUT2D eigenvalue weighted by Crippen LogP contribution is -2.36. The Morgan fingerprint density at radius 1 is 1.30 bits per heavy atom. The predicted octanol–water partition coefficient (Wildman–Crippen LogP) is 4.61. The molecule has 1 fully saturated rings. The van der Waals surface area contributed by atoms with E-state index >= 15 is 0 Å². The quantitative estimate of drug-likeness (QED) is 0.601. The lowest BCUT2D eigenvalue weighted by Gasteiger charge is -2.15. The van der Waals surface area contributed by atoms with Crippen LogP contribution in [0, 0.1) is 0 Å². The minimum atomic E-state index is -0.417. The summed E-state index contributed by atoms with van der Waals surface area (Å²) in [7, 11) is 0. The normalized spacial score (nSPS) is 17.7. The van der Waals surface area contributed by atoms with Crippen molar-refractivity contribution in [1.29, 1.82) is 0 Å². The summed E-state index contributed by atoms with van der Waals surface area (Å²) >= 11 is 7.45. The van der Waals surface area contributed by atoms with Gasteiger partial charge < -0.3 is 9.73 Å². The number of nitrogens with zero attached hydrogens (tertiary/aromatic N) is 2. The van der Waals surface area contributed by atoms with E-state index in [0.717, 1.165) is 16.3 Å². The Hall–Kier alpha value is -2.51. The zero-order valence-corrected chi connectivity index (χ0v) is 16.2. The van der Waals surface area contributed by atoms with Gasteiger partial charge in [0.2, 0.25) is 0 Å². The molecular weight excluding hydrogens is 386 g/mol. The first kappa shape index (κ1) is 17.9. The molecule has 6 nitrogen and oxygen atoms in total. The van der Waals surface area contributed by atoms with E-state index in [1.807, 2.05) is 24.3 Å². The third-order valence-corrected chi connectivity index (χ3v) is 5.29. The average molecular weight is 402 g/mol. The van der Waals surface area contributed by atoms with E-state index < -0.39 is 6.03 Å². The van der Waals surface area contributed by atoms with Crippen molar-refractivity contribution in [3.63, 3.8) is 0 Å². The summed E-state index contributed by atoms with van der Waals surface area (Å²) in [5.74, 6) is 0.138. The van der Waals surface area contributed by atoms with Crippen molar-refractivity contribution in [2.24, 2.45) is 4.99 Å². The standard InChI is InChI=1S/C19H16ClN3O3S/c1-10(2)23-18(24)15(22-19(23)25)9-13-4-6-17(26-13)27-16-8-11-7-12(20)3-5-14(11)21-16/h3-7,9-10H,8H2,1-2H3,(H,22,25)/b15-9-. The molecule has 1 aromatic carbocycles. The van der Waals surface area contributed by atoms with Crippen LogP contribution in [0.1, 0.15) is 25.2 Å². The molecule has 138 valence electrons. The number of hydrogen-bond donors (Lipinski definition) is 1. The fraction of sp³-hybridized carbons (Fsp3) is 0.211. The van der Waals surface area contributed by atoms with Gasteiger partial charge in [0, 0.05) is 23.6 Å². The first-order valence-electron chi connectivity index (χ1n) is 8.40. The summed E-state index contributed by atoms with van der Waals surface area (Å²) in [5, 5.41) is 4.85. The highest BCUT2D eigenvalue weighted by molar-refractivity contribution is 8.13. The Morgan fingerprint density at radius 3 is 2.85 bits per heavy atom. The number of hydrogen-bond acceptors (Lipinski definition) is 5. The van der Waals surface area contributed by atoms with E-state index in [1.165, 1.54) is 22.7 Å². The number of benzene rings is 1. The van der Waals surface area contributed by atoms with Crippen molar-refractivity contribution in [3.8, 4) is 0 Å². The van der Waals surface area contributed by atoms with Gasteiger partial charge in [-0.3, -0.25) is 9.69 Å². The number of aliphatic imine (C=N–C) groups is 1. The van der Waals surface area contributed by atoms with Crippen LogP contribution in [-0.4, -0.2) is 27.9 Å². The van der Waals surface area contributed by atoms with Gasteiger partial charge >= 0.3 is 6.03 Å². The Kier molecular flexibility index (Phi) is 4.57. The van der Waals surface area contributed by atoms with Gasteiger partial charge in [0.05, 0.1) is 10.7 Å². The lowest BCUT2D eigenvalue weighted by atomic mass is 10.2. The largest absolute Gasteiger partial charge is 0.450 e. The second kappa shape index (κ2) is 6.90. The van der Waals surface area contributed by atoms with Crippen LogP contribution in [0.4, 0.5) is 10.5 Å². The zero-order chi connectivity index (χ0) is 19.1. The third kappa shape index (κ3) is 3.52. The van der Waals surface area contributed by atoms with Crippen LogP contribution in [0.15, 0.2) is 50.5 Å². The molecule has 2 aromatic rings. The van der Waals surface area contributed by atoms with E-state index in [1.54, 1.807) is 19.9 Å². The number of fused-ring (bicyclic) bond motifs is 1. The van der Waals surface area contributed by atoms with Gasteiger partial charge in [0.25, 0.3) is 5.91 Å². The van der Waals surface area contributed by atoms with E-state index in [0.29, 0.717) is 22.3 Å². The molecule has 0 bridgehead atoms. The van der Waals surface area contributed by atoms with Crippen LogP contribution in [0.2, 0.25) is 5.02 Å². The van der Waals surface area contributed by atoms with E-state index in [9.17, 15) is 9.59 Å². The molecular formula is C19H16ClN3O3S. The Bertz CT molecular complexity index is 1010. The van der Waals surface area contributed by atoms with Crippen LogP contribution >= 0.6 is 23.4 Å².